The van der Waals surface area contributed by atoms with Gasteiger partial charge in [-0.25, -0.2) is 0 Å². The van der Waals surface area contributed by atoms with Crippen molar-refractivity contribution in [3.8, 4) is 0 Å². The molecule has 0 fully saturated rings. The zero-order valence-corrected chi connectivity index (χ0v) is 8.55. The molecule has 0 aliphatic carbocycles. The van der Waals surface area contributed by atoms with Crippen molar-refractivity contribution in [3.05, 3.63) is 0 Å². The molecule has 1 nitrogen and oxygen atoms in total. The molecule has 0 aliphatic heterocycles. The van der Waals surface area contributed by atoms with E-state index in [1.54, 1.807) is 0 Å². The van der Waals surface area contributed by atoms with E-state index >= 15 is 0 Å². The molecule has 0 saturated heterocycles. The van der Waals surface area contributed by atoms with Gasteiger partial charge in [-0.05, 0) is 18.3 Å². The van der Waals surface area contributed by atoms with E-state index in [1.807, 2.05) is 7.11 Å². The van der Waals surface area contributed by atoms with Crippen LogP contribution in [0.15, 0.2) is 0 Å². The van der Waals surface area contributed by atoms with Crippen LogP contribution >= 0.6 is 0 Å². The highest BCUT2D eigenvalue weighted by atomic mass is 16.5. The molecular weight excluding hydrogens is 136 g/mol. The minimum absolute atomic E-state index is 0.440. The number of rotatable bonds is 5. The van der Waals surface area contributed by atoms with Crippen molar-refractivity contribution in [2.24, 2.45) is 11.8 Å². The zero-order chi connectivity index (χ0) is 8.85. The van der Waals surface area contributed by atoms with Crippen LogP contribution < -0.4 is 0 Å². The van der Waals surface area contributed by atoms with Crippen molar-refractivity contribution in [2.75, 3.05) is 7.11 Å². The van der Waals surface area contributed by atoms with Crippen molar-refractivity contribution in [2.45, 2.75) is 46.6 Å². The molecule has 2 atom stereocenters. The van der Waals surface area contributed by atoms with Crippen molar-refractivity contribution >= 4 is 0 Å². The van der Waals surface area contributed by atoms with E-state index in [-0.39, 0.29) is 0 Å². The predicted octanol–water partition coefficient (Wildman–Crippen LogP) is 3.09. The molecular formula is C10H22O. The van der Waals surface area contributed by atoms with Crippen molar-refractivity contribution in [1.29, 1.82) is 0 Å². The molecule has 0 rings (SSSR count). The maximum Gasteiger partial charge on any atom is 0.0619 e. The largest absolute Gasteiger partial charge is 0.381 e. The average molecular weight is 158 g/mol. The second-order valence-corrected chi connectivity index (χ2v) is 3.71. The number of hydrogen-bond donors (Lipinski definition) is 0. The Morgan fingerprint density at radius 3 is 2.00 bits per heavy atom. The van der Waals surface area contributed by atoms with Gasteiger partial charge in [-0.1, -0.05) is 34.1 Å². The minimum Gasteiger partial charge on any atom is -0.381 e. The summed E-state index contributed by atoms with van der Waals surface area (Å²) in [5.41, 5.74) is 0. The summed E-state index contributed by atoms with van der Waals surface area (Å²) in [6, 6.07) is 0. The van der Waals surface area contributed by atoms with Crippen molar-refractivity contribution in [3.63, 3.8) is 0 Å². The standard InChI is InChI=1S/C10H22O/c1-6-7-9(4)10(11-5)8(2)3/h8-10H,6-7H2,1-5H3. The van der Waals surface area contributed by atoms with Crippen molar-refractivity contribution < 1.29 is 4.74 Å². The summed E-state index contributed by atoms with van der Waals surface area (Å²) in [7, 11) is 1.82. The molecule has 0 aromatic rings. The van der Waals surface area contributed by atoms with Gasteiger partial charge in [-0.15, -0.1) is 0 Å². The number of hydrogen-bond acceptors (Lipinski definition) is 1. The average Bonchev–Trinajstić information content (AvgIpc) is 1.88. The Hall–Kier alpha value is -0.0400. The summed E-state index contributed by atoms with van der Waals surface area (Å²) in [6.07, 6.45) is 2.97. The molecule has 68 valence electrons. The molecule has 0 aliphatic rings. The van der Waals surface area contributed by atoms with E-state index in [0.717, 1.165) is 0 Å². The quantitative estimate of drug-likeness (QED) is 0.597. The second kappa shape index (κ2) is 5.59. The van der Waals surface area contributed by atoms with Gasteiger partial charge in [-0.3, -0.25) is 0 Å². The van der Waals surface area contributed by atoms with Gasteiger partial charge >= 0.3 is 0 Å². The van der Waals surface area contributed by atoms with E-state index in [2.05, 4.69) is 27.7 Å². The van der Waals surface area contributed by atoms with E-state index < -0.39 is 0 Å². The molecule has 0 aromatic carbocycles. The van der Waals surface area contributed by atoms with Crippen LogP contribution in [-0.2, 0) is 4.74 Å². The second-order valence-electron chi connectivity index (χ2n) is 3.71. The monoisotopic (exact) mass is 158 g/mol. The third-order valence-corrected chi connectivity index (χ3v) is 2.23. The molecule has 0 heterocycles. The highest BCUT2D eigenvalue weighted by molar-refractivity contribution is 4.68. The number of methoxy groups -OCH3 is 1. The van der Waals surface area contributed by atoms with E-state index in [1.165, 1.54) is 12.8 Å². The van der Waals surface area contributed by atoms with Crippen LogP contribution in [-0.4, -0.2) is 13.2 Å². The summed E-state index contributed by atoms with van der Waals surface area (Å²) in [5, 5.41) is 0. The minimum atomic E-state index is 0.440. The summed E-state index contributed by atoms with van der Waals surface area (Å²) in [4.78, 5) is 0. The number of ether oxygens (including phenoxy) is 1. The predicted molar refractivity (Wildman–Crippen MR) is 49.7 cm³/mol. The normalized spacial score (nSPS) is 16.9. The third-order valence-electron chi connectivity index (χ3n) is 2.23. The van der Waals surface area contributed by atoms with Crippen LogP contribution in [0.4, 0.5) is 0 Å². The molecule has 0 spiro atoms. The molecule has 11 heavy (non-hydrogen) atoms. The van der Waals surface area contributed by atoms with Gasteiger partial charge in [0.05, 0.1) is 6.10 Å². The Kier molecular flexibility index (Phi) is 5.57. The Morgan fingerprint density at radius 2 is 1.73 bits per heavy atom. The fraction of sp³-hybridized carbons (Fsp3) is 1.00. The fourth-order valence-electron chi connectivity index (χ4n) is 1.78. The topological polar surface area (TPSA) is 9.23 Å². The third kappa shape index (κ3) is 3.76. The smallest absolute Gasteiger partial charge is 0.0619 e. The van der Waals surface area contributed by atoms with Crippen LogP contribution in [0.3, 0.4) is 0 Å². The van der Waals surface area contributed by atoms with Gasteiger partial charge in [0.1, 0.15) is 0 Å². The van der Waals surface area contributed by atoms with Gasteiger partial charge in [0.25, 0.3) is 0 Å². The molecule has 0 N–H and O–H groups in total. The highest BCUT2D eigenvalue weighted by Gasteiger charge is 2.18. The van der Waals surface area contributed by atoms with Crippen LogP contribution in [0, 0.1) is 11.8 Å². The zero-order valence-electron chi connectivity index (χ0n) is 8.55. The molecule has 0 radical (unpaired) electrons. The van der Waals surface area contributed by atoms with Gasteiger partial charge in [0.2, 0.25) is 0 Å². The maximum absolute atomic E-state index is 5.43. The van der Waals surface area contributed by atoms with Gasteiger partial charge in [0, 0.05) is 7.11 Å². The fourth-order valence-corrected chi connectivity index (χ4v) is 1.78. The lowest BCUT2D eigenvalue weighted by molar-refractivity contribution is 0.0201. The molecule has 0 bridgehead atoms. The van der Waals surface area contributed by atoms with E-state index in [0.29, 0.717) is 17.9 Å². The lowest BCUT2D eigenvalue weighted by Crippen LogP contribution is -2.26. The Balaban J connectivity index is 3.81. The first-order valence-corrected chi connectivity index (χ1v) is 4.66. The first-order chi connectivity index (χ1) is 5.13. The lowest BCUT2D eigenvalue weighted by Gasteiger charge is -2.25. The molecule has 0 aromatic heterocycles. The first-order valence-electron chi connectivity index (χ1n) is 4.66. The van der Waals surface area contributed by atoms with Crippen LogP contribution in [0.25, 0.3) is 0 Å². The van der Waals surface area contributed by atoms with Crippen LogP contribution in [0.5, 0.6) is 0 Å². The van der Waals surface area contributed by atoms with Gasteiger partial charge in [0.15, 0.2) is 0 Å². The van der Waals surface area contributed by atoms with Crippen molar-refractivity contribution in [1.82, 2.24) is 0 Å². The summed E-state index contributed by atoms with van der Waals surface area (Å²) >= 11 is 0. The summed E-state index contributed by atoms with van der Waals surface area (Å²) in [6.45, 7) is 8.95. The maximum atomic E-state index is 5.43. The van der Waals surface area contributed by atoms with Crippen LogP contribution in [0.2, 0.25) is 0 Å². The highest BCUT2D eigenvalue weighted by Crippen LogP contribution is 2.19. The molecule has 1 heteroatoms. The Morgan fingerprint density at radius 1 is 1.18 bits per heavy atom. The molecule has 0 amide bonds. The van der Waals surface area contributed by atoms with Gasteiger partial charge in [-0.2, -0.15) is 0 Å². The van der Waals surface area contributed by atoms with E-state index in [4.69, 9.17) is 4.74 Å². The van der Waals surface area contributed by atoms with E-state index in [9.17, 15) is 0 Å². The molecule has 2 unspecified atom stereocenters. The lowest BCUT2D eigenvalue weighted by atomic mass is 9.91. The first kappa shape index (κ1) is 11.0. The Bertz CT molecular complexity index is 88.9. The summed E-state index contributed by atoms with van der Waals surface area (Å²) in [5.74, 6) is 1.34. The Labute approximate surface area is 71.1 Å². The SMILES string of the molecule is CCCC(C)C(OC)C(C)C. The molecule has 0 saturated carbocycles. The van der Waals surface area contributed by atoms with Gasteiger partial charge < -0.3 is 4.74 Å². The van der Waals surface area contributed by atoms with Crippen LogP contribution in [0.1, 0.15) is 40.5 Å². The summed E-state index contributed by atoms with van der Waals surface area (Å²) < 4.78 is 5.43.